The van der Waals surface area contributed by atoms with Crippen LogP contribution in [0.3, 0.4) is 0 Å². The van der Waals surface area contributed by atoms with Crippen molar-refractivity contribution in [3.05, 3.63) is 29.8 Å². The van der Waals surface area contributed by atoms with Crippen LogP contribution in [0, 0.1) is 0 Å². The summed E-state index contributed by atoms with van der Waals surface area (Å²) in [6.45, 7) is 5.02. The molecule has 1 aliphatic carbocycles. The largest absolute Gasteiger partial charge is 0.494 e. The molecule has 0 radical (unpaired) electrons. The minimum absolute atomic E-state index is 0.568. The Labute approximate surface area is 184 Å². The molecule has 1 saturated heterocycles. The van der Waals surface area contributed by atoms with Crippen LogP contribution in [0.4, 0.5) is 10.3 Å². The highest BCUT2D eigenvalue weighted by molar-refractivity contribution is 7.19. The van der Waals surface area contributed by atoms with Gasteiger partial charge in [-0.25, -0.2) is 0 Å². The standard InChI is InChI=1S/C23H35N5OS/c1-3-10-20(11-4-1)25-23-27-26-22(30-23)24-13-8-16-29-21-12-7-9-19(17-21)18-28-14-5-2-6-15-28/h7,9,12,17,20H,1-6,8,10-11,13-16,18H2,(H,24,26)(H,25,27). The molecular weight excluding hydrogens is 394 g/mol. The summed E-state index contributed by atoms with van der Waals surface area (Å²) < 4.78 is 5.98. The predicted octanol–water partition coefficient (Wildman–Crippen LogP) is 5.15. The lowest BCUT2D eigenvalue weighted by Crippen LogP contribution is -2.29. The number of aromatic nitrogens is 2. The Bertz CT molecular complexity index is 756. The van der Waals surface area contributed by atoms with Gasteiger partial charge in [0.15, 0.2) is 0 Å². The molecule has 30 heavy (non-hydrogen) atoms. The van der Waals surface area contributed by atoms with Crippen molar-refractivity contribution in [2.45, 2.75) is 70.4 Å². The van der Waals surface area contributed by atoms with E-state index in [0.717, 1.165) is 35.5 Å². The van der Waals surface area contributed by atoms with Crippen molar-refractivity contribution in [1.82, 2.24) is 15.1 Å². The Kier molecular flexibility index (Phi) is 8.20. The van der Waals surface area contributed by atoms with Crippen LogP contribution >= 0.6 is 11.3 Å². The summed E-state index contributed by atoms with van der Waals surface area (Å²) in [6.07, 6.45) is 11.5. The van der Waals surface area contributed by atoms with Crippen molar-refractivity contribution in [3.63, 3.8) is 0 Å². The van der Waals surface area contributed by atoms with Crippen molar-refractivity contribution >= 4 is 21.6 Å². The van der Waals surface area contributed by atoms with Gasteiger partial charge in [-0.1, -0.05) is 49.2 Å². The maximum absolute atomic E-state index is 5.98. The molecule has 4 rings (SSSR count). The monoisotopic (exact) mass is 429 g/mol. The fourth-order valence-corrected chi connectivity index (χ4v) is 5.09. The van der Waals surface area contributed by atoms with Crippen LogP contribution in [0.2, 0.25) is 0 Å². The quantitative estimate of drug-likeness (QED) is 0.509. The molecule has 0 unspecified atom stereocenters. The van der Waals surface area contributed by atoms with Crippen LogP contribution in [0.5, 0.6) is 5.75 Å². The number of anilines is 2. The van der Waals surface area contributed by atoms with Crippen molar-refractivity contribution in [2.24, 2.45) is 0 Å². The van der Waals surface area contributed by atoms with Crippen LogP contribution in [0.1, 0.15) is 63.4 Å². The molecule has 6 nitrogen and oxygen atoms in total. The third kappa shape index (κ3) is 6.84. The summed E-state index contributed by atoms with van der Waals surface area (Å²) in [4.78, 5) is 2.55. The second kappa shape index (κ2) is 11.5. The van der Waals surface area contributed by atoms with Crippen molar-refractivity contribution in [2.75, 3.05) is 36.9 Å². The smallest absolute Gasteiger partial charge is 0.207 e. The van der Waals surface area contributed by atoms with E-state index >= 15 is 0 Å². The fraction of sp³-hybridized carbons (Fsp3) is 0.652. The molecule has 0 amide bonds. The fourth-order valence-electron chi connectivity index (χ4n) is 4.34. The molecule has 2 aliphatic rings. The van der Waals surface area contributed by atoms with Gasteiger partial charge in [0.25, 0.3) is 0 Å². The van der Waals surface area contributed by atoms with Crippen molar-refractivity contribution in [3.8, 4) is 5.75 Å². The van der Waals surface area contributed by atoms with E-state index < -0.39 is 0 Å². The average Bonchev–Trinajstić information content (AvgIpc) is 3.22. The maximum Gasteiger partial charge on any atom is 0.207 e. The lowest BCUT2D eigenvalue weighted by molar-refractivity contribution is 0.220. The van der Waals surface area contributed by atoms with Gasteiger partial charge in [-0.2, -0.15) is 0 Å². The van der Waals surface area contributed by atoms with Crippen LogP contribution in [-0.2, 0) is 6.54 Å². The van der Waals surface area contributed by atoms with E-state index in [9.17, 15) is 0 Å². The molecule has 1 aromatic heterocycles. The molecule has 2 N–H and O–H groups in total. The van der Waals surface area contributed by atoms with E-state index in [1.807, 2.05) is 0 Å². The highest BCUT2D eigenvalue weighted by Gasteiger charge is 2.15. The van der Waals surface area contributed by atoms with Crippen LogP contribution in [-0.4, -0.2) is 47.4 Å². The molecular formula is C23H35N5OS. The Morgan fingerprint density at radius 1 is 1.00 bits per heavy atom. The lowest BCUT2D eigenvalue weighted by Gasteiger charge is -2.26. The summed E-state index contributed by atoms with van der Waals surface area (Å²) in [7, 11) is 0. The van der Waals surface area contributed by atoms with Gasteiger partial charge in [0.1, 0.15) is 5.75 Å². The van der Waals surface area contributed by atoms with E-state index in [0.29, 0.717) is 12.6 Å². The summed E-state index contributed by atoms with van der Waals surface area (Å²) in [5.41, 5.74) is 1.35. The number of hydrogen-bond donors (Lipinski definition) is 2. The van der Waals surface area contributed by atoms with Gasteiger partial charge in [-0.15, -0.1) is 10.2 Å². The Morgan fingerprint density at radius 3 is 2.67 bits per heavy atom. The van der Waals surface area contributed by atoms with Gasteiger partial charge < -0.3 is 15.4 Å². The molecule has 0 atom stereocenters. The van der Waals surface area contributed by atoms with Crippen LogP contribution in [0.25, 0.3) is 0 Å². The minimum Gasteiger partial charge on any atom is -0.494 e. The van der Waals surface area contributed by atoms with Crippen LogP contribution < -0.4 is 15.4 Å². The van der Waals surface area contributed by atoms with Gasteiger partial charge >= 0.3 is 0 Å². The number of rotatable bonds is 10. The van der Waals surface area contributed by atoms with Gasteiger partial charge in [0, 0.05) is 19.1 Å². The topological polar surface area (TPSA) is 62.3 Å². The molecule has 7 heteroatoms. The first-order chi connectivity index (χ1) is 14.8. The Balaban J connectivity index is 1.13. The zero-order valence-corrected chi connectivity index (χ0v) is 18.8. The molecule has 2 heterocycles. The number of likely N-dealkylation sites (tertiary alicyclic amines) is 1. The number of ether oxygens (including phenoxy) is 1. The second-order valence-electron chi connectivity index (χ2n) is 8.50. The lowest BCUT2D eigenvalue weighted by atomic mass is 9.96. The summed E-state index contributed by atoms with van der Waals surface area (Å²) in [5.74, 6) is 0.972. The Morgan fingerprint density at radius 2 is 1.80 bits per heavy atom. The summed E-state index contributed by atoms with van der Waals surface area (Å²) in [6, 6.07) is 9.13. The van der Waals surface area contributed by atoms with Gasteiger partial charge in [-0.3, -0.25) is 4.90 Å². The highest BCUT2D eigenvalue weighted by atomic mass is 32.1. The summed E-state index contributed by atoms with van der Waals surface area (Å²) >= 11 is 1.61. The zero-order valence-electron chi connectivity index (χ0n) is 17.9. The average molecular weight is 430 g/mol. The number of benzene rings is 1. The molecule has 2 aromatic rings. The Hall–Kier alpha value is -1.86. The molecule has 1 saturated carbocycles. The minimum atomic E-state index is 0.568. The van der Waals surface area contributed by atoms with Crippen LogP contribution in [0.15, 0.2) is 24.3 Å². The highest BCUT2D eigenvalue weighted by Crippen LogP contribution is 2.25. The van der Waals surface area contributed by atoms with Crippen molar-refractivity contribution in [1.29, 1.82) is 0 Å². The summed E-state index contributed by atoms with van der Waals surface area (Å²) in [5, 5.41) is 17.3. The van der Waals surface area contributed by atoms with E-state index in [4.69, 9.17) is 4.74 Å². The predicted molar refractivity (Wildman–Crippen MR) is 125 cm³/mol. The van der Waals surface area contributed by atoms with E-state index in [1.165, 1.54) is 70.0 Å². The van der Waals surface area contributed by atoms with E-state index in [2.05, 4.69) is 50.0 Å². The second-order valence-corrected chi connectivity index (χ2v) is 9.48. The first-order valence-corrected chi connectivity index (χ1v) is 12.4. The molecule has 164 valence electrons. The van der Waals surface area contributed by atoms with Gasteiger partial charge in [0.05, 0.1) is 6.61 Å². The van der Waals surface area contributed by atoms with Gasteiger partial charge in [-0.05, 0) is 62.9 Å². The first kappa shape index (κ1) is 21.4. The molecule has 1 aliphatic heterocycles. The van der Waals surface area contributed by atoms with E-state index in [-0.39, 0.29) is 0 Å². The van der Waals surface area contributed by atoms with Gasteiger partial charge in [0.2, 0.25) is 10.3 Å². The molecule has 0 spiro atoms. The number of nitrogens with zero attached hydrogens (tertiary/aromatic N) is 3. The SMILES string of the molecule is c1cc(CN2CCCCC2)cc(OCCCNc2nnc(NC3CCCCC3)s2)c1. The first-order valence-electron chi connectivity index (χ1n) is 11.6. The third-order valence-corrected chi connectivity index (χ3v) is 6.79. The normalized spacial score (nSPS) is 18.3. The molecule has 0 bridgehead atoms. The van der Waals surface area contributed by atoms with E-state index in [1.54, 1.807) is 11.3 Å². The number of nitrogens with one attached hydrogen (secondary N) is 2. The third-order valence-electron chi connectivity index (χ3n) is 5.98. The van der Waals surface area contributed by atoms with Crippen molar-refractivity contribution < 1.29 is 4.74 Å². The number of hydrogen-bond acceptors (Lipinski definition) is 7. The maximum atomic E-state index is 5.98. The molecule has 1 aromatic carbocycles. The number of piperidine rings is 1. The molecule has 2 fully saturated rings. The zero-order chi connectivity index (χ0) is 20.4.